The van der Waals surface area contributed by atoms with Crippen molar-refractivity contribution < 1.29 is 23.9 Å². The van der Waals surface area contributed by atoms with Crippen molar-refractivity contribution >= 4 is 56.8 Å². The lowest BCUT2D eigenvalue weighted by Crippen LogP contribution is -2.41. The minimum absolute atomic E-state index is 0.277. The van der Waals surface area contributed by atoms with Crippen LogP contribution in [-0.2, 0) is 19.9 Å². The first-order valence-corrected chi connectivity index (χ1v) is 10.2. The second-order valence-electron chi connectivity index (χ2n) is 6.62. The van der Waals surface area contributed by atoms with Gasteiger partial charge in [0.05, 0.1) is 16.5 Å². The van der Waals surface area contributed by atoms with Gasteiger partial charge in [-0.15, -0.1) is 11.3 Å². The molecular weight excluding hydrogens is 462 g/mol. The monoisotopic (exact) mass is 479 g/mol. The first-order valence-electron chi connectivity index (χ1n) is 8.54. The molecule has 1 fully saturated rings. The Labute approximate surface area is 179 Å². The number of esters is 1. The van der Waals surface area contributed by atoms with Gasteiger partial charge < -0.3 is 15.4 Å². The van der Waals surface area contributed by atoms with Crippen LogP contribution in [0.2, 0.25) is 0 Å². The third-order valence-electron chi connectivity index (χ3n) is 4.58. The average molecular weight is 480 g/mol. The van der Waals surface area contributed by atoms with Crippen molar-refractivity contribution in [2.75, 3.05) is 19.0 Å². The number of hydrogen-bond acceptors (Lipinski definition) is 6. The molecule has 0 aliphatic carbocycles. The molecule has 3 rings (SSSR count). The van der Waals surface area contributed by atoms with Crippen molar-refractivity contribution in [1.82, 2.24) is 10.2 Å². The van der Waals surface area contributed by atoms with E-state index in [0.29, 0.717) is 10.6 Å². The molecule has 2 aromatic rings. The zero-order valence-electron chi connectivity index (χ0n) is 15.9. The number of nitrogens with one attached hydrogen (secondary N) is 2. The van der Waals surface area contributed by atoms with Crippen molar-refractivity contribution in [2.45, 2.75) is 19.4 Å². The lowest BCUT2D eigenvalue weighted by molar-refractivity contribution is -0.133. The Morgan fingerprint density at radius 3 is 2.62 bits per heavy atom. The molecule has 0 spiro atoms. The molecule has 1 aromatic carbocycles. The Morgan fingerprint density at radius 1 is 1.28 bits per heavy atom. The zero-order chi connectivity index (χ0) is 21.3. The SMILES string of the molecule is COC(=O)c1ccc(C)c(NC(=O)CN2C(=O)NC(C)(c3ccc(Br)s3)C2=O)c1. The number of benzene rings is 1. The smallest absolute Gasteiger partial charge is 0.337 e. The number of carbonyl (C=O) groups excluding carboxylic acids is 4. The number of amides is 4. The lowest BCUT2D eigenvalue weighted by atomic mass is 10.0. The third kappa shape index (κ3) is 4.03. The second-order valence-corrected chi connectivity index (χ2v) is 9.08. The number of rotatable bonds is 5. The van der Waals surface area contributed by atoms with Crippen molar-refractivity contribution in [3.63, 3.8) is 0 Å². The molecule has 0 bridgehead atoms. The van der Waals surface area contributed by atoms with Gasteiger partial charge in [0.2, 0.25) is 5.91 Å². The van der Waals surface area contributed by atoms with E-state index in [1.54, 1.807) is 38.1 Å². The van der Waals surface area contributed by atoms with Crippen LogP contribution in [0.25, 0.3) is 0 Å². The molecule has 2 heterocycles. The number of imide groups is 1. The molecule has 4 amide bonds. The van der Waals surface area contributed by atoms with Crippen LogP contribution in [-0.4, -0.2) is 42.4 Å². The number of hydrogen-bond donors (Lipinski definition) is 2. The molecule has 2 N–H and O–H groups in total. The van der Waals surface area contributed by atoms with Crippen LogP contribution in [0.1, 0.15) is 27.7 Å². The highest BCUT2D eigenvalue weighted by molar-refractivity contribution is 9.11. The maximum Gasteiger partial charge on any atom is 0.337 e. The summed E-state index contributed by atoms with van der Waals surface area (Å²) < 4.78 is 5.51. The maximum atomic E-state index is 12.9. The number of ether oxygens (including phenoxy) is 1. The average Bonchev–Trinajstić information content (AvgIpc) is 3.21. The fourth-order valence-corrected chi connectivity index (χ4v) is 4.41. The van der Waals surface area contributed by atoms with Gasteiger partial charge in [-0.1, -0.05) is 6.07 Å². The number of thiophene rings is 1. The van der Waals surface area contributed by atoms with E-state index in [-0.39, 0.29) is 5.56 Å². The van der Waals surface area contributed by atoms with Gasteiger partial charge in [0.15, 0.2) is 5.54 Å². The van der Waals surface area contributed by atoms with Gasteiger partial charge in [-0.25, -0.2) is 9.59 Å². The van der Waals surface area contributed by atoms with Gasteiger partial charge in [-0.05, 0) is 59.6 Å². The summed E-state index contributed by atoms with van der Waals surface area (Å²) in [6.07, 6.45) is 0. The van der Waals surface area contributed by atoms with E-state index in [9.17, 15) is 19.2 Å². The standard InChI is InChI=1S/C19H18BrN3O5S/c1-10-4-5-11(16(25)28-3)8-12(10)21-15(24)9-23-17(26)19(2,22-18(23)27)13-6-7-14(20)29-13/h4-8H,9H2,1-3H3,(H,21,24)(H,22,27). The molecule has 1 atom stereocenters. The highest BCUT2D eigenvalue weighted by Crippen LogP contribution is 2.35. The van der Waals surface area contributed by atoms with Gasteiger partial charge in [-0.2, -0.15) is 0 Å². The molecule has 29 heavy (non-hydrogen) atoms. The summed E-state index contributed by atoms with van der Waals surface area (Å²) in [6, 6.07) is 7.63. The first-order chi connectivity index (χ1) is 13.7. The normalized spacial score (nSPS) is 18.6. The number of aryl methyl sites for hydroxylation is 1. The fraction of sp³-hybridized carbons (Fsp3) is 0.263. The Morgan fingerprint density at radius 2 is 2.00 bits per heavy atom. The molecule has 0 radical (unpaired) electrons. The fourth-order valence-electron chi connectivity index (χ4n) is 2.93. The Kier molecular flexibility index (Phi) is 5.76. The van der Waals surface area contributed by atoms with E-state index < -0.39 is 35.9 Å². The maximum absolute atomic E-state index is 12.9. The van der Waals surface area contributed by atoms with Crippen molar-refractivity contribution in [1.29, 1.82) is 0 Å². The highest BCUT2D eigenvalue weighted by atomic mass is 79.9. The number of halogens is 1. The predicted octanol–water partition coefficient (Wildman–Crippen LogP) is 3.01. The summed E-state index contributed by atoms with van der Waals surface area (Å²) in [5.74, 6) is -1.60. The van der Waals surface area contributed by atoms with E-state index >= 15 is 0 Å². The Hall–Kier alpha value is -2.72. The number of methoxy groups -OCH3 is 1. The largest absolute Gasteiger partial charge is 0.465 e. The van der Waals surface area contributed by atoms with Crippen molar-refractivity contribution in [2.24, 2.45) is 0 Å². The molecule has 8 nitrogen and oxygen atoms in total. The number of anilines is 1. The van der Waals surface area contributed by atoms with Crippen LogP contribution in [0.3, 0.4) is 0 Å². The van der Waals surface area contributed by atoms with E-state index in [1.165, 1.54) is 24.5 Å². The molecule has 1 aliphatic heterocycles. The lowest BCUT2D eigenvalue weighted by Gasteiger charge is -2.20. The number of urea groups is 1. The summed E-state index contributed by atoms with van der Waals surface area (Å²) in [6.45, 7) is 2.91. The van der Waals surface area contributed by atoms with E-state index in [1.807, 2.05) is 0 Å². The first kappa shape index (κ1) is 21.0. The van der Waals surface area contributed by atoms with Gasteiger partial charge in [0.25, 0.3) is 5.91 Å². The van der Waals surface area contributed by atoms with Gasteiger partial charge in [-0.3, -0.25) is 14.5 Å². The topological polar surface area (TPSA) is 105 Å². The van der Waals surface area contributed by atoms with E-state index in [0.717, 1.165) is 14.2 Å². The van der Waals surface area contributed by atoms with Gasteiger partial charge >= 0.3 is 12.0 Å². The quantitative estimate of drug-likeness (QED) is 0.506. The minimum Gasteiger partial charge on any atom is -0.465 e. The minimum atomic E-state index is -1.23. The summed E-state index contributed by atoms with van der Waals surface area (Å²) in [5.41, 5.74) is 0.167. The zero-order valence-corrected chi connectivity index (χ0v) is 18.3. The van der Waals surface area contributed by atoms with Crippen LogP contribution in [0, 0.1) is 6.92 Å². The molecule has 152 valence electrons. The van der Waals surface area contributed by atoms with Gasteiger partial charge in [0.1, 0.15) is 6.54 Å². The molecule has 0 saturated carbocycles. The van der Waals surface area contributed by atoms with E-state index in [2.05, 4.69) is 31.3 Å². The molecule has 1 saturated heterocycles. The summed E-state index contributed by atoms with van der Waals surface area (Å²) in [7, 11) is 1.27. The van der Waals surface area contributed by atoms with Crippen molar-refractivity contribution in [3.8, 4) is 0 Å². The highest BCUT2D eigenvalue weighted by Gasteiger charge is 2.50. The summed E-state index contributed by atoms with van der Waals surface area (Å²) in [5, 5.41) is 5.30. The summed E-state index contributed by atoms with van der Waals surface area (Å²) in [4.78, 5) is 51.0. The molecular formula is C19H18BrN3O5S. The number of carbonyl (C=O) groups is 4. The Balaban J connectivity index is 1.75. The summed E-state index contributed by atoms with van der Waals surface area (Å²) >= 11 is 4.67. The molecule has 1 aromatic heterocycles. The van der Waals surface area contributed by atoms with Crippen LogP contribution in [0.5, 0.6) is 0 Å². The van der Waals surface area contributed by atoms with E-state index in [4.69, 9.17) is 0 Å². The number of nitrogens with zero attached hydrogens (tertiary/aromatic N) is 1. The Bertz CT molecular complexity index is 1020. The van der Waals surface area contributed by atoms with Crippen molar-refractivity contribution in [3.05, 3.63) is 50.1 Å². The van der Waals surface area contributed by atoms with Crippen LogP contribution < -0.4 is 10.6 Å². The molecule has 10 heteroatoms. The van der Waals surface area contributed by atoms with Crippen LogP contribution in [0.4, 0.5) is 10.5 Å². The van der Waals surface area contributed by atoms with Gasteiger partial charge in [0, 0.05) is 10.6 Å². The molecule has 1 unspecified atom stereocenters. The second kappa shape index (κ2) is 7.96. The predicted molar refractivity (Wildman–Crippen MR) is 111 cm³/mol. The van der Waals surface area contributed by atoms with Crippen LogP contribution >= 0.6 is 27.3 Å². The van der Waals surface area contributed by atoms with Crippen LogP contribution in [0.15, 0.2) is 34.1 Å². The molecule has 1 aliphatic rings. The third-order valence-corrected chi connectivity index (χ3v) is 6.42.